The van der Waals surface area contributed by atoms with Gasteiger partial charge in [0.15, 0.2) is 0 Å². The zero-order valence-corrected chi connectivity index (χ0v) is 10.8. The molecule has 0 fully saturated rings. The molecule has 0 bridgehead atoms. The average molecular weight is 222 g/mol. The smallest absolute Gasteiger partial charge is 0.127 e. The van der Waals surface area contributed by atoms with Crippen molar-refractivity contribution in [3.8, 4) is 0 Å². The van der Waals surface area contributed by atoms with Crippen molar-refractivity contribution in [2.24, 2.45) is 0 Å². The predicted octanol–water partition coefficient (Wildman–Crippen LogP) is 1.88. The van der Waals surface area contributed by atoms with Gasteiger partial charge in [0, 0.05) is 37.1 Å². The second-order valence-corrected chi connectivity index (χ2v) is 4.74. The van der Waals surface area contributed by atoms with Gasteiger partial charge < -0.3 is 15.5 Å². The molecule has 0 amide bonds. The summed E-state index contributed by atoms with van der Waals surface area (Å²) >= 11 is 0. The second-order valence-electron chi connectivity index (χ2n) is 4.74. The summed E-state index contributed by atoms with van der Waals surface area (Å²) in [6.07, 6.45) is 1.80. The van der Waals surface area contributed by atoms with Crippen LogP contribution in [0.25, 0.3) is 0 Å². The molecule has 0 aliphatic rings. The quantitative estimate of drug-likeness (QED) is 0.798. The van der Waals surface area contributed by atoms with Crippen LogP contribution in [0, 0.1) is 0 Å². The van der Waals surface area contributed by atoms with Crippen LogP contribution in [-0.4, -0.2) is 43.1 Å². The minimum absolute atomic E-state index is 0.128. The molecule has 0 aromatic carbocycles. The number of rotatable bonds is 5. The Kier molecular flexibility index (Phi) is 4.12. The fourth-order valence-electron chi connectivity index (χ4n) is 1.15. The van der Waals surface area contributed by atoms with Gasteiger partial charge in [-0.15, -0.1) is 0 Å². The first kappa shape index (κ1) is 12.8. The number of nitrogens with one attached hydrogen (secondary N) is 2. The molecule has 1 rings (SSSR count). The predicted molar refractivity (Wildman–Crippen MR) is 70.0 cm³/mol. The van der Waals surface area contributed by atoms with Crippen molar-refractivity contribution in [3.63, 3.8) is 0 Å². The third-order valence-electron chi connectivity index (χ3n) is 2.95. The van der Waals surface area contributed by atoms with Gasteiger partial charge in [-0.1, -0.05) is 0 Å². The molecule has 0 aliphatic heterocycles. The minimum atomic E-state index is 0.128. The SMILES string of the molecule is CNc1cc(NCC(C)(C)N(C)C)ccn1. The lowest BCUT2D eigenvalue weighted by Crippen LogP contribution is -2.44. The van der Waals surface area contributed by atoms with E-state index >= 15 is 0 Å². The van der Waals surface area contributed by atoms with Gasteiger partial charge in [0.05, 0.1) is 0 Å². The maximum absolute atomic E-state index is 4.18. The Hall–Kier alpha value is -1.29. The molecule has 0 aliphatic carbocycles. The van der Waals surface area contributed by atoms with Crippen molar-refractivity contribution in [3.05, 3.63) is 18.3 Å². The first-order valence-electron chi connectivity index (χ1n) is 5.51. The number of likely N-dealkylation sites (N-methyl/N-ethyl adjacent to an activating group) is 1. The zero-order valence-electron chi connectivity index (χ0n) is 10.8. The molecule has 1 heterocycles. The Labute approximate surface area is 98.1 Å². The van der Waals surface area contributed by atoms with E-state index in [9.17, 15) is 0 Å². The molecular weight excluding hydrogens is 200 g/mol. The molecule has 0 unspecified atom stereocenters. The van der Waals surface area contributed by atoms with Gasteiger partial charge in [-0.2, -0.15) is 0 Å². The Morgan fingerprint density at radius 2 is 2.06 bits per heavy atom. The molecule has 0 radical (unpaired) electrons. The third-order valence-corrected chi connectivity index (χ3v) is 2.95. The van der Waals surface area contributed by atoms with Crippen LogP contribution in [0.1, 0.15) is 13.8 Å². The summed E-state index contributed by atoms with van der Waals surface area (Å²) in [7, 11) is 6.05. The van der Waals surface area contributed by atoms with Crippen LogP contribution in [0.4, 0.5) is 11.5 Å². The highest BCUT2D eigenvalue weighted by molar-refractivity contribution is 5.51. The number of hydrogen-bond acceptors (Lipinski definition) is 4. The molecule has 0 saturated heterocycles. The summed E-state index contributed by atoms with van der Waals surface area (Å²) in [6, 6.07) is 3.98. The maximum Gasteiger partial charge on any atom is 0.127 e. The summed E-state index contributed by atoms with van der Waals surface area (Å²) < 4.78 is 0. The summed E-state index contributed by atoms with van der Waals surface area (Å²) in [5.41, 5.74) is 1.22. The molecule has 0 saturated carbocycles. The molecule has 1 aromatic heterocycles. The number of nitrogens with zero attached hydrogens (tertiary/aromatic N) is 2. The normalized spacial score (nSPS) is 11.6. The number of hydrogen-bond donors (Lipinski definition) is 2. The van der Waals surface area contributed by atoms with E-state index in [0.29, 0.717) is 0 Å². The highest BCUT2D eigenvalue weighted by Crippen LogP contribution is 2.15. The maximum atomic E-state index is 4.18. The Morgan fingerprint density at radius 1 is 1.38 bits per heavy atom. The van der Waals surface area contributed by atoms with Crippen LogP contribution >= 0.6 is 0 Å². The fourth-order valence-corrected chi connectivity index (χ4v) is 1.15. The van der Waals surface area contributed by atoms with Crippen LogP contribution in [0.3, 0.4) is 0 Å². The Balaban J connectivity index is 2.60. The third kappa shape index (κ3) is 3.38. The van der Waals surface area contributed by atoms with E-state index in [4.69, 9.17) is 0 Å². The number of pyridine rings is 1. The van der Waals surface area contributed by atoms with E-state index < -0.39 is 0 Å². The van der Waals surface area contributed by atoms with E-state index in [1.165, 1.54) is 0 Å². The lowest BCUT2D eigenvalue weighted by atomic mass is 10.0. The number of aromatic nitrogens is 1. The van der Waals surface area contributed by atoms with Gasteiger partial charge in [0.2, 0.25) is 0 Å². The highest BCUT2D eigenvalue weighted by atomic mass is 15.2. The van der Waals surface area contributed by atoms with E-state index in [-0.39, 0.29) is 5.54 Å². The topological polar surface area (TPSA) is 40.2 Å². The summed E-state index contributed by atoms with van der Waals surface area (Å²) in [4.78, 5) is 6.38. The molecule has 4 nitrogen and oxygen atoms in total. The van der Waals surface area contributed by atoms with Crippen molar-refractivity contribution in [2.75, 3.05) is 38.3 Å². The monoisotopic (exact) mass is 222 g/mol. The summed E-state index contributed by atoms with van der Waals surface area (Å²) in [5, 5.41) is 6.45. The van der Waals surface area contributed by atoms with Crippen molar-refractivity contribution < 1.29 is 0 Å². The van der Waals surface area contributed by atoms with Crippen molar-refractivity contribution in [2.45, 2.75) is 19.4 Å². The molecule has 4 heteroatoms. The van der Waals surface area contributed by atoms with Crippen LogP contribution in [0.2, 0.25) is 0 Å². The zero-order chi connectivity index (χ0) is 12.2. The van der Waals surface area contributed by atoms with Crippen LogP contribution in [0.15, 0.2) is 18.3 Å². The lowest BCUT2D eigenvalue weighted by Gasteiger charge is -2.33. The lowest BCUT2D eigenvalue weighted by molar-refractivity contribution is 0.210. The molecule has 1 aromatic rings. The first-order chi connectivity index (χ1) is 7.45. The van der Waals surface area contributed by atoms with Gasteiger partial charge >= 0.3 is 0 Å². The van der Waals surface area contributed by atoms with Crippen LogP contribution < -0.4 is 10.6 Å². The molecule has 16 heavy (non-hydrogen) atoms. The van der Waals surface area contributed by atoms with Gasteiger partial charge in [0.1, 0.15) is 5.82 Å². The van der Waals surface area contributed by atoms with Crippen LogP contribution in [0.5, 0.6) is 0 Å². The fraction of sp³-hybridized carbons (Fsp3) is 0.583. The molecule has 0 atom stereocenters. The highest BCUT2D eigenvalue weighted by Gasteiger charge is 2.19. The Morgan fingerprint density at radius 3 is 2.62 bits per heavy atom. The van der Waals surface area contributed by atoms with Gasteiger partial charge in [-0.05, 0) is 34.0 Å². The van der Waals surface area contributed by atoms with E-state index in [0.717, 1.165) is 18.1 Å². The van der Waals surface area contributed by atoms with Crippen molar-refractivity contribution >= 4 is 11.5 Å². The van der Waals surface area contributed by atoms with Gasteiger partial charge in [-0.3, -0.25) is 0 Å². The van der Waals surface area contributed by atoms with E-state index in [1.54, 1.807) is 6.20 Å². The first-order valence-corrected chi connectivity index (χ1v) is 5.51. The standard InChI is InChI=1S/C12H22N4/c1-12(2,16(4)5)9-15-10-6-7-14-11(8-10)13-3/h6-8H,9H2,1-5H3,(H2,13,14,15). The number of anilines is 2. The summed E-state index contributed by atoms with van der Waals surface area (Å²) in [5.74, 6) is 0.882. The second kappa shape index (κ2) is 5.16. The Bertz CT molecular complexity index is 334. The van der Waals surface area contributed by atoms with Crippen molar-refractivity contribution in [1.29, 1.82) is 0 Å². The minimum Gasteiger partial charge on any atom is -0.383 e. The molecule has 2 N–H and O–H groups in total. The van der Waals surface area contributed by atoms with Gasteiger partial charge in [0.25, 0.3) is 0 Å². The summed E-state index contributed by atoms with van der Waals surface area (Å²) in [6.45, 7) is 5.31. The molecule has 90 valence electrons. The molecule has 0 spiro atoms. The van der Waals surface area contributed by atoms with E-state index in [2.05, 4.69) is 48.5 Å². The van der Waals surface area contributed by atoms with Gasteiger partial charge in [-0.25, -0.2) is 4.98 Å². The van der Waals surface area contributed by atoms with Crippen LogP contribution in [-0.2, 0) is 0 Å². The van der Waals surface area contributed by atoms with Crippen molar-refractivity contribution in [1.82, 2.24) is 9.88 Å². The average Bonchev–Trinajstić information content (AvgIpc) is 2.26. The molecular formula is C12H22N4. The van der Waals surface area contributed by atoms with E-state index in [1.807, 2.05) is 19.2 Å². The largest absolute Gasteiger partial charge is 0.383 e.